The number of nitrogens with zero attached hydrogens (tertiary/aromatic N) is 3. The van der Waals surface area contributed by atoms with E-state index in [1.165, 1.54) is 0 Å². The van der Waals surface area contributed by atoms with Gasteiger partial charge in [0.15, 0.2) is 0 Å². The molecule has 3 heterocycles. The lowest BCUT2D eigenvalue weighted by Gasteiger charge is -2.08. The van der Waals surface area contributed by atoms with E-state index in [1.54, 1.807) is 19.9 Å². The summed E-state index contributed by atoms with van der Waals surface area (Å²) in [7, 11) is 0. The molecule has 0 bridgehead atoms. The molecule has 0 N–H and O–H groups in total. The third-order valence-electron chi connectivity index (χ3n) is 4.71. The number of hydrogen-bond donors (Lipinski definition) is 0. The van der Waals surface area contributed by atoms with E-state index in [0.29, 0.717) is 39.5 Å². The highest BCUT2D eigenvalue weighted by molar-refractivity contribution is 6.04. The Hall–Kier alpha value is -3.48. The first-order valence-electron chi connectivity index (χ1n) is 8.87. The quantitative estimate of drug-likeness (QED) is 0.485. The Balaban J connectivity index is 1.73. The van der Waals surface area contributed by atoms with Gasteiger partial charge in [-0.1, -0.05) is 40.1 Å². The lowest BCUT2D eigenvalue weighted by molar-refractivity contribution is 0.0473. The summed E-state index contributed by atoms with van der Waals surface area (Å²) in [6.07, 6.45) is 0. The van der Waals surface area contributed by atoms with Crippen molar-refractivity contribution >= 4 is 17.1 Å². The van der Waals surface area contributed by atoms with Crippen molar-refractivity contribution in [3.8, 4) is 11.3 Å². The zero-order valence-electron chi connectivity index (χ0n) is 16.1. The maximum absolute atomic E-state index is 12.9. The van der Waals surface area contributed by atoms with Crippen LogP contribution in [0.25, 0.3) is 22.4 Å². The summed E-state index contributed by atoms with van der Waals surface area (Å²) in [5.41, 5.74) is 5.35. The van der Waals surface area contributed by atoms with Crippen LogP contribution in [0.3, 0.4) is 0 Å². The molecule has 1 aromatic carbocycles. The van der Waals surface area contributed by atoms with Crippen molar-refractivity contribution in [2.45, 2.75) is 34.3 Å². The fourth-order valence-electron chi connectivity index (χ4n) is 3.05. The minimum Gasteiger partial charge on any atom is -0.457 e. The second kappa shape index (κ2) is 6.92. The summed E-state index contributed by atoms with van der Waals surface area (Å²) >= 11 is 0. The molecule has 0 aliphatic heterocycles. The average molecular weight is 377 g/mol. The van der Waals surface area contributed by atoms with E-state index in [2.05, 4.69) is 15.3 Å². The van der Waals surface area contributed by atoms with E-state index >= 15 is 0 Å². The van der Waals surface area contributed by atoms with Crippen LogP contribution < -0.4 is 0 Å². The van der Waals surface area contributed by atoms with Crippen molar-refractivity contribution in [2.75, 3.05) is 0 Å². The normalized spacial score (nSPS) is 11.1. The van der Waals surface area contributed by atoms with Gasteiger partial charge in [0, 0.05) is 5.56 Å². The number of aromatic nitrogens is 3. The lowest BCUT2D eigenvalue weighted by Crippen LogP contribution is -2.08. The van der Waals surface area contributed by atoms with Crippen LogP contribution >= 0.6 is 0 Å². The predicted molar refractivity (Wildman–Crippen MR) is 102 cm³/mol. The van der Waals surface area contributed by atoms with Gasteiger partial charge in [-0.2, -0.15) is 0 Å². The number of fused-ring (bicyclic) bond motifs is 1. The minimum absolute atomic E-state index is 0.0774. The van der Waals surface area contributed by atoms with Crippen LogP contribution in [0, 0.1) is 27.7 Å². The Labute approximate surface area is 161 Å². The smallest absolute Gasteiger partial charge is 0.339 e. The summed E-state index contributed by atoms with van der Waals surface area (Å²) in [4.78, 5) is 17.4. The molecule has 0 aliphatic rings. The second-order valence-corrected chi connectivity index (χ2v) is 6.75. The maximum atomic E-state index is 12.9. The molecule has 0 spiro atoms. The summed E-state index contributed by atoms with van der Waals surface area (Å²) in [6.45, 7) is 7.45. The van der Waals surface area contributed by atoms with Crippen LogP contribution in [0.5, 0.6) is 0 Å². The van der Waals surface area contributed by atoms with E-state index in [0.717, 1.165) is 16.7 Å². The summed E-state index contributed by atoms with van der Waals surface area (Å²) in [6, 6.07) is 9.59. The number of benzene rings is 1. The first-order valence-corrected chi connectivity index (χ1v) is 8.87. The van der Waals surface area contributed by atoms with Gasteiger partial charge in [0.05, 0.1) is 33.6 Å². The van der Waals surface area contributed by atoms with Crippen LogP contribution in [0.15, 0.2) is 39.4 Å². The molecule has 0 saturated heterocycles. The van der Waals surface area contributed by atoms with Gasteiger partial charge in [0.25, 0.3) is 5.71 Å². The largest absolute Gasteiger partial charge is 0.457 e. The average Bonchev–Trinajstić information content (AvgIpc) is 3.22. The predicted octanol–water partition coefficient (Wildman–Crippen LogP) is 4.47. The highest BCUT2D eigenvalue weighted by atomic mass is 16.5. The number of aryl methyl sites for hydroxylation is 4. The number of esters is 1. The molecule has 4 rings (SSSR count). The van der Waals surface area contributed by atoms with Gasteiger partial charge in [-0.25, -0.2) is 9.78 Å². The monoisotopic (exact) mass is 377 g/mol. The van der Waals surface area contributed by atoms with E-state index in [-0.39, 0.29) is 6.61 Å². The molecule has 7 nitrogen and oxygen atoms in total. The van der Waals surface area contributed by atoms with Crippen molar-refractivity contribution in [2.24, 2.45) is 0 Å². The van der Waals surface area contributed by atoms with Gasteiger partial charge >= 0.3 is 5.97 Å². The van der Waals surface area contributed by atoms with E-state index in [1.807, 2.05) is 38.1 Å². The first-order chi connectivity index (χ1) is 13.4. The molecular weight excluding hydrogens is 358 g/mol. The summed E-state index contributed by atoms with van der Waals surface area (Å²) < 4.78 is 16.0. The van der Waals surface area contributed by atoms with E-state index in [4.69, 9.17) is 13.8 Å². The van der Waals surface area contributed by atoms with Crippen molar-refractivity contribution < 1.29 is 18.6 Å². The van der Waals surface area contributed by atoms with Crippen LogP contribution in [-0.4, -0.2) is 21.3 Å². The van der Waals surface area contributed by atoms with Crippen molar-refractivity contribution in [3.63, 3.8) is 0 Å². The first kappa shape index (κ1) is 17.9. The summed E-state index contributed by atoms with van der Waals surface area (Å²) in [5, 5.41) is 8.39. The number of carbonyl (C=O) groups excluding carboxylic acids is 1. The molecule has 7 heteroatoms. The third kappa shape index (κ3) is 3.15. The van der Waals surface area contributed by atoms with Gasteiger partial charge in [-0.3, -0.25) is 0 Å². The zero-order chi connectivity index (χ0) is 19.8. The van der Waals surface area contributed by atoms with Crippen LogP contribution in [0.4, 0.5) is 0 Å². The number of hydrogen-bond acceptors (Lipinski definition) is 7. The van der Waals surface area contributed by atoms with Gasteiger partial charge in [-0.15, -0.1) is 0 Å². The lowest BCUT2D eigenvalue weighted by atomic mass is 10.0. The topological polar surface area (TPSA) is 91.2 Å². The Bertz CT molecular complexity index is 1150. The molecular formula is C21H19N3O4. The molecule has 0 radical (unpaired) electrons. The molecule has 0 atom stereocenters. The highest BCUT2D eigenvalue weighted by Crippen LogP contribution is 2.28. The molecule has 0 unspecified atom stereocenters. The van der Waals surface area contributed by atoms with Gasteiger partial charge in [0.2, 0.25) is 0 Å². The van der Waals surface area contributed by atoms with Crippen molar-refractivity contribution in [3.05, 3.63) is 64.2 Å². The zero-order valence-corrected chi connectivity index (χ0v) is 16.1. The SMILES string of the molecule is Cc1ccc(-c2cc(C(=O)OCc3c(C)noc3C)c3c(C)noc3n2)cc1. The Kier molecular flexibility index (Phi) is 4.43. The van der Waals surface area contributed by atoms with Gasteiger partial charge in [0.1, 0.15) is 12.4 Å². The molecule has 142 valence electrons. The number of carbonyl (C=O) groups is 1. The Morgan fingerprint density at radius 2 is 1.71 bits per heavy atom. The van der Waals surface area contributed by atoms with Crippen LogP contribution in [-0.2, 0) is 11.3 Å². The Morgan fingerprint density at radius 1 is 1.00 bits per heavy atom. The fourth-order valence-corrected chi connectivity index (χ4v) is 3.05. The molecule has 3 aromatic heterocycles. The van der Waals surface area contributed by atoms with Gasteiger partial charge in [-0.05, 0) is 33.8 Å². The van der Waals surface area contributed by atoms with Crippen LogP contribution in [0.1, 0.15) is 38.6 Å². The Morgan fingerprint density at radius 3 is 2.39 bits per heavy atom. The molecule has 0 saturated carbocycles. The number of pyridine rings is 1. The third-order valence-corrected chi connectivity index (χ3v) is 4.71. The van der Waals surface area contributed by atoms with E-state index < -0.39 is 5.97 Å². The number of ether oxygens (including phenoxy) is 1. The maximum Gasteiger partial charge on any atom is 0.339 e. The molecule has 28 heavy (non-hydrogen) atoms. The summed E-state index contributed by atoms with van der Waals surface area (Å²) in [5.74, 6) is 0.152. The molecule has 4 aromatic rings. The molecule has 0 aliphatic carbocycles. The second-order valence-electron chi connectivity index (χ2n) is 6.75. The van der Waals surface area contributed by atoms with Gasteiger partial charge < -0.3 is 13.8 Å². The van der Waals surface area contributed by atoms with Crippen LogP contribution in [0.2, 0.25) is 0 Å². The van der Waals surface area contributed by atoms with Crippen molar-refractivity contribution in [1.82, 2.24) is 15.3 Å². The fraction of sp³-hybridized carbons (Fsp3) is 0.238. The molecule has 0 amide bonds. The standard InChI is InChI=1S/C21H19N3O4/c1-11-5-7-15(8-6-11)18-9-16(19-13(3)24-28-20(19)22-18)21(25)26-10-17-12(2)23-27-14(17)4/h5-9H,10H2,1-4H3. The minimum atomic E-state index is -0.480. The highest BCUT2D eigenvalue weighted by Gasteiger charge is 2.21. The molecule has 0 fully saturated rings. The van der Waals surface area contributed by atoms with Crippen molar-refractivity contribution in [1.29, 1.82) is 0 Å². The van der Waals surface area contributed by atoms with E-state index in [9.17, 15) is 4.79 Å². The number of rotatable bonds is 4.